The maximum atomic E-state index is 14.5. The Labute approximate surface area is 236 Å². The van der Waals surface area contributed by atoms with Crippen molar-refractivity contribution in [1.29, 1.82) is 0 Å². The fourth-order valence-electron chi connectivity index (χ4n) is 6.58. The summed E-state index contributed by atoms with van der Waals surface area (Å²) in [5.74, 6) is -0.492. The van der Waals surface area contributed by atoms with Gasteiger partial charge in [0, 0.05) is 47.2 Å². The van der Waals surface area contributed by atoms with Crippen molar-refractivity contribution in [3.05, 3.63) is 65.4 Å². The Morgan fingerprint density at radius 1 is 1.15 bits per heavy atom. The van der Waals surface area contributed by atoms with Crippen LogP contribution < -0.4 is 4.90 Å². The van der Waals surface area contributed by atoms with Crippen LogP contribution >= 0.6 is 0 Å². The number of hydrogen-bond donors (Lipinski definition) is 0. The van der Waals surface area contributed by atoms with Gasteiger partial charge in [-0.1, -0.05) is 12.1 Å². The van der Waals surface area contributed by atoms with Gasteiger partial charge in [-0.15, -0.1) is 0 Å². The van der Waals surface area contributed by atoms with Crippen LogP contribution in [0.4, 0.5) is 14.5 Å². The van der Waals surface area contributed by atoms with E-state index in [4.69, 9.17) is 14.6 Å². The molecular formula is C31H33F2N5O3. The van der Waals surface area contributed by atoms with Crippen molar-refractivity contribution >= 4 is 22.6 Å². The third kappa shape index (κ3) is 4.31. The summed E-state index contributed by atoms with van der Waals surface area (Å²) in [4.78, 5) is 20.3. The standard InChI is InChI=1S/C31H33F2N5O3/c1-3-41-30(39)28(27-25-8-9-31(10-11-31)37(25)18-34-27)38-17-24-23(29(32)33)16-22(19(2)26(24)35-38)20-4-6-21(7-5-20)36-12-14-40-15-13-36/h4-7,16-18,28-29H,3,8-15H2,1-2H3. The van der Waals surface area contributed by atoms with Crippen LogP contribution in [0.25, 0.3) is 22.0 Å². The molecule has 0 radical (unpaired) electrons. The molecular weight excluding hydrogens is 528 g/mol. The summed E-state index contributed by atoms with van der Waals surface area (Å²) in [6.45, 7) is 6.86. The van der Waals surface area contributed by atoms with E-state index in [2.05, 4.69) is 14.5 Å². The molecule has 2 aliphatic heterocycles. The molecule has 10 heteroatoms. The van der Waals surface area contributed by atoms with Crippen LogP contribution in [0.3, 0.4) is 0 Å². The summed E-state index contributed by atoms with van der Waals surface area (Å²) in [7, 11) is 0. The molecule has 2 aromatic carbocycles. The molecule has 4 aromatic rings. The van der Waals surface area contributed by atoms with E-state index in [1.807, 2.05) is 37.5 Å². The first kappa shape index (κ1) is 26.1. The van der Waals surface area contributed by atoms with E-state index >= 15 is 0 Å². The second kappa shape index (κ2) is 9.94. The number of nitrogens with zero attached hydrogens (tertiary/aromatic N) is 5. The van der Waals surface area contributed by atoms with Crippen molar-refractivity contribution < 1.29 is 23.0 Å². The van der Waals surface area contributed by atoms with Gasteiger partial charge in [-0.3, -0.25) is 4.68 Å². The number of hydrogen-bond acceptors (Lipinski definition) is 6. The van der Waals surface area contributed by atoms with Crippen LogP contribution in [0, 0.1) is 6.92 Å². The number of alkyl halides is 2. The van der Waals surface area contributed by atoms with Crippen LogP contribution in [0.1, 0.15) is 61.2 Å². The highest BCUT2D eigenvalue weighted by molar-refractivity contribution is 5.92. The molecule has 0 bridgehead atoms. The molecule has 4 heterocycles. The summed E-state index contributed by atoms with van der Waals surface area (Å²) >= 11 is 0. The second-order valence-electron chi connectivity index (χ2n) is 11.3. The molecule has 2 aromatic heterocycles. The van der Waals surface area contributed by atoms with E-state index in [0.29, 0.717) is 35.4 Å². The quantitative estimate of drug-likeness (QED) is 0.275. The molecule has 0 N–H and O–H groups in total. The number of rotatable bonds is 7. The number of morpholine rings is 1. The van der Waals surface area contributed by atoms with Crippen LogP contribution in [0.5, 0.6) is 0 Å². The monoisotopic (exact) mass is 561 g/mol. The van der Waals surface area contributed by atoms with Gasteiger partial charge in [0.1, 0.15) is 0 Å². The Bertz CT molecular complexity index is 1620. The minimum Gasteiger partial charge on any atom is -0.464 e. The van der Waals surface area contributed by atoms with Crippen molar-refractivity contribution in [1.82, 2.24) is 19.3 Å². The number of esters is 1. The Hall–Kier alpha value is -3.79. The lowest BCUT2D eigenvalue weighted by Crippen LogP contribution is -2.36. The SMILES string of the molecule is CCOC(=O)C(c1ncn2c1CCC21CC1)n1cc2c(C(F)F)cc(-c3ccc(N4CCOCC4)cc3)c(C)c2n1. The van der Waals surface area contributed by atoms with E-state index in [0.717, 1.165) is 61.3 Å². The van der Waals surface area contributed by atoms with Crippen LogP contribution in [-0.4, -0.2) is 58.2 Å². The number of aryl methyl sites for hydroxylation is 1. The van der Waals surface area contributed by atoms with E-state index in [9.17, 15) is 13.6 Å². The average molecular weight is 562 g/mol. The second-order valence-corrected chi connectivity index (χ2v) is 11.3. The number of imidazole rings is 1. The molecule has 1 saturated carbocycles. The third-order valence-corrected chi connectivity index (χ3v) is 8.99. The Morgan fingerprint density at radius 2 is 1.90 bits per heavy atom. The molecule has 3 aliphatic rings. The highest BCUT2D eigenvalue weighted by atomic mass is 19.3. The molecule has 8 nitrogen and oxygen atoms in total. The Morgan fingerprint density at radius 3 is 2.59 bits per heavy atom. The normalized spacial score (nSPS) is 18.3. The van der Waals surface area contributed by atoms with Gasteiger partial charge in [0.15, 0.2) is 6.04 Å². The lowest BCUT2D eigenvalue weighted by molar-refractivity contribution is -0.146. The maximum absolute atomic E-state index is 14.5. The lowest BCUT2D eigenvalue weighted by atomic mass is 9.95. The number of carbonyl (C=O) groups excluding carboxylic acids is 1. The molecule has 1 aliphatic carbocycles. The molecule has 0 amide bonds. The smallest absolute Gasteiger partial charge is 0.337 e. The average Bonchev–Trinajstić information content (AvgIpc) is 3.27. The fraction of sp³-hybridized carbons (Fsp3) is 0.452. The van der Waals surface area contributed by atoms with Gasteiger partial charge in [-0.25, -0.2) is 18.6 Å². The summed E-state index contributed by atoms with van der Waals surface area (Å²) in [5, 5.41) is 5.11. The van der Waals surface area contributed by atoms with Crippen LogP contribution in [0.15, 0.2) is 42.9 Å². The highest BCUT2D eigenvalue weighted by Gasteiger charge is 2.50. The topological polar surface area (TPSA) is 74.4 Å². The number of halogens is 2. The molecule has 214 valence electrons. The van der Waals surface area contributed by atoms with Crippen LogP contribution in [-0.2, 0) is 26.2 Å². The zero-order valence-corrected chi connectivity index (χ0v) is 23.3. The summed E-state index contributed by atoms with van der Waals surface area (Å²) < 4.78 is 43.6. The number of benzene rings is 2. The van der Waals surface area contributed by atoms with E-state index < -0.39 is 18.4 Å². The van der Waals surface area contributed by atoms with Gasteiger partial charge in [0.05, 0.1) is 37.4 Å². The number of fused-ring (bicyclic) bond motifs is 3. The van der Waals surface area contributed by atoms with Crippen molar-refractivity contribution in [3.63, 3.8) is 0 Å². The summed E-state index contributed by atoms with van der Waals surface area (Å²) in [6.07, 6.45) is 4.72. The molecule has 1 atom stereocenters. The predicted octanol–water partition coefficient (Wildman–Crippen LogP) is 5.57. The largest absolute Gasteiger partial charge is 0.464 e. The molecule has 1 spiro atoms. The zero-order valence-electron chi connectivity index (χ0n) is 23.3. The first-order valence-electron chi connectivity index (χ1n) is 14.4. The van der Waals surface area contributed by atoms with Gasteiger partial charge in [0.2, 0.25) is 0 Å². The van der Waals surface area contributed by atoms with Crippen molar-refractivity contribution in [3.8, 4) is 11.1 Å². The Balaban J connectivity index is 1.32. The van der Waals surface area contributed by atoms with E-state index in [1.165, 1.54) is 4.68 Å². The van der Waals surface area contributed by atoms with Gasteiger partial charge < -0.3 is 18.9 Å². The number of carbonyl (C=O) groups is 1. The van der Waals surface area contributed by atoms with Gasteiger partial charge in [0.25, 0.3) is 6.43 Å². The highest BCUT2D eigenvalue weighted by Crippen LogP contribution is 2.53. The third-order valence-electron chi connectivity index (χ3n) is 8.99. The molecule has 7 rings (SSSR count). The maximum Gasteiger partial charge on any atom is 0.337 e. The van der Waals surface area contributed by atoms with Crippen molar-refractivity contribution in [2.45, 2.75) is 57.5 Å². The minimum absolute atomic E-state index is 0.112. The fourth-order valence-corrected chi connectivity index (χ4v) is 6.58. The predicted molar refractivity (Wildman–Crippen MR) is 150 cm³/mol. The number of anilines is 1. The summed E-state index contributed by atoms with van der Waals surface area (Å²) in [6, 6.07) is 8.58. The van der Waals surface area contributed by atoms with Gasteiger partial charge in [-0.2, -0.15) is 5.10 Å². The van der Waals surface area contributed by atoms with Gasteiger partial charge >= 0.3 is 5.97 Å². The number of ether oxygens (including phenoxy) is 2. The number of aromatic nitrogens is 4. The van der Waals surface area contributed by atoms with E-state index in [-0.39, 0.29) is 17.7 Å². The first-order valence-corrected chi connectivity index (χ1v) is 14.4. The summed E-state index contributed by atoms with van der Waals surface area (Å²) in [5.41, 5.74) is 5.43. The van der Waals surface area contributed by atoms with Crippen LogP contribution in [0.2, 0.25) is 0 Å². The van der Waals surface area contributed by atoms with Crippen molar-refractivity contribution in [2.75, 3.05) is 37.8 Å². The molecule has 1 unspecified atom stereocenters. The van der Waals surface area contributed by atoms with E-state index in [1.54, 1.807) is 19.2 Å². The Kier molecular flexibility index (Phi) is 6.33. The molecule has 2 fully saturated rings. The van der Waals surface area contributed by atoms with Gasteiger partial charge in [-0.05, 0) is 74.4 Å². The minimum atomic E-state index is -2.71. The molecule has 41 heavy (non-hydrogen) atoms. The lowest BCUT2D eigenvalue weighted by Gasteiger charge is -2.29. The molecule has 1 saturated heterocycles. The first-order chi connectivity index (χ1) is 19.9. The van der Waals surface area contributed by atoms with Crippen molar-refractivity contribution in [2.24, 2.45) is 0 Å². The zero-order chi connectivity index (χ0) is 28.3.